The number of ether oxygens (including phenoxy) is 2. The maximum atomic E-state index is 14.3. The molecule has 2 amide bonds. The topological polar surface area (TPSA) is 219 Å². The molecule has 2 unspecified atom stereocenters. The number of hydrogen-bond acceptors (Lipinski definition) is 13. The van der Waals surface area contributed by atoms with E-state index in [1.54, 1.807) is 13.8 Å². The third-order valence-corrected chi connectivity index (χ3v) is 8.78. The van der Waals surface area contributed by atoms with Crippen LogP contribution >= 0.6 is 30.7 Å². The third-order valence-electron chi connectivity index (χ3n) is 6.85. The quantitative estimate of drug-likeness (QED) is 0.0934. The minimum absolute atomic E-state index is 0.00962. The minimum atomic E-state index is -3.10. The Bertz CT molecular complexity index is 1630. The van der Waals surface area contributed by atoms with E-state index in [2.05, 4.69) is 46.4 Å². The molecule has 1 aliphatic heterocycles. The molecule has 51 heavy (non-hydrogen) atoms. The molecule has 2 heterocycles. The van der Waals surface area contributed by atoms with Crippen molar-refractivity contribution in [2.75, 3.05) is 41.2 Å². The van der Waals surface area contributed by atoms with Crippen LogP contribution in [0.15, 0.2) is 28.6 Å². The van der Waals surface area contributed by atoms with E-state index < -0.39 is 37.2 Å². The summed E-state index contributed by atoms with van der Waals surface area (Å²) in [5, 5.41) is 15.4. The Kier molecular flexibility index (Phi) is 16.6. The van der Waals surface area contributed by atoms with Gasteiger partial charge in [-0.2, -0.15) is 15.0 Å². The van der Waals surface area contributed by atoms with Crippen molar-refractivity contribution >= 4 is 66.3 Å². The van der Waals surface area contributed by atoms with Gasteiger partial charge in [-0.3, -0.25) is 14.2 Å². The van der Waals surface area contributed by atoms with E-state index in [1.807, 2.05) is 13.2 Å². The molecular formula is C32H48ClFN7O8PS. The van der Waals surface area contributed by atoms with Gasteiger partial charge in [-0.1, -0.05) is 23.4 Å². The molecule has 1 aromatic carbocycles. The highest BCUT2D eigenvalue weighted by molar-refractivity contribution is 7.98. The van der Waals surface area contributed by atoms with Crippen molar-refractivity contribution in [3.8, 4) is 5.75 Å². The number of carboxylic acid groups (broad SMARTS) is 1. The molecule has 0 radical (unpaired) electrons. The van der Waals surface area contributed by atoms with Gasteiger partial charge in [0, 0.05) is 31.0 Å². The van der Waals surface area contributed by atoms with Crippen LogP contribution in [0.1, 0.15) is 73.6 Å². The Morgan fingerprint density at radius 1 is 1.22 bits per heavy atom. The molecule has 0 bridgehead atoms. The molecule has 2 atom stereocenters. The number of anilines is 3. The van der Waals surface area contributed by atoms with Crippen molar-refractivity contribution in [2.24, 2.45) is 5.73 Å². The van der Waals surface area contributed by atoms with Gasteiger partial charge < -0.3 is 35.8 Å². The summed E-state index contributed by atoms with van der Waals surface area (Å²) in [5.41, 5.74) is 5.35. The second-order valence-electron chi connectivity index (χ2n) is 13.0. The normalized spacial score (nSPS) is 16.2. The van der Waals surface area contributed by atoms with Gasteiger partial charge in [0.2, 0.25) is 11.9 Å². The molecule has 6 N–H and O–H groups in total. The van der Waals surface area contributed by atoms with Gasteiger partial charge in [0.15, 0.2) is 18.3 Å². The molecule has 2 aliphatic rings. The standard InChI is InChI=1S/C17H17ClFNO4.C10H19N5S.C5H12NO4P/c1-9(2)15-16(21)20(17(22)24-15)13-8-14(11(18)7-12(13)19)23-10-5-3-4-6-10;1-6-11-7-12-8(15-10(2,3)4)14-9(13-7)16-5;1-11(9,10)3-2-4(6)5(7)8/h7-8,10H,3-6H2,1-2H3;6H2,1-5H3,(H2,11,12,13,14,15);4H,2-3,6H2,1H3,(H,7,8)(H,9,10). The van der Waals surface area contributed by atoms with E-state index in [1.165, 1.54) is 24.5 Å². The van der Waals surface area contributed by atoms with E-state index >= 15 is 0 Å². The molecule has 1 saturated carbocycles. The van der Waals surface area contributed by atoms with Crippen LogP contribution < -0.4 is 26.0 Å². The highest BCUT2D eigenvalue weighted by atomic mass is 35.5. The molecule has 2 fully saturated rings. The number of benzene rings is 1. The number of amides is 2. The molecule has 1 saturated heterocycles. The van der Waals surface area contributed by atoms with Crippen molar-refractivity contribution in [1.29, 1.82) is 0 Å². The molecule has 284 valence electrons. The van der Waals surface area contributed by atoms with E-state index in [0.29, 0.717) is 22.4 Å². The predicted molar refractivity (Wildman–Crippen MR) is 197 cm³/mol. The van der Waals surface area contributed by atoms with Gasteiger partial charge >= 0.3 is 18.0 Å². The number of imide groups is 1. The average molecular weight is 776 g/mol. The number of carbonyl (C=O) groups excluding carboxylic acids is 2. The number of nitrogens with one attached hydrogen (secondary N) is 2. The Labute approximate surface area is 306 Å². The number of halogens is 2. The van der Waals surface area contributed by atoms with Crippen LogP contribution in [0.4, 0.5) is 26.8 Å². The third kappa shape index (κ3) is 14.6. The lowest BCUT2D eigenvalue weighted by atomic mass is 10.1. The molecule has 2 aromatic rings. The van der Waals surface area contributed by atoms with Gasteiger partial charge in [0.1, 0.15) is 17.6 Å². The average Bonchev–Trinajstić information content (AvgIpc) is 3.63. The SMILES string of the molecule is CC(C)=C1OC(=O)N(c2cc(OC3CCCC3)c(Cl)cc2F)C1=O.CCNc1nc(NC(C)(C)C)nc(SC)n1.CP(=O)(O)CCC(N)C(=O)O. The molecule has 19 heteroatoms. The van der Waals surface area contributed by atoms with Crippen molar-refractivity contribution in [1.82, 2.24) is 15.0 Å². The fraction of sp³-hybridized carbons (Fsp3) is 0.562. The number of carbonyl (C=O) groups is 3. The van der Waals surface area contributed by atoms with Crippen LogP contribution in [0.3, 0.4) is 0 Å². The molecule has 1 aliphatic carbocycles. The zero-order valence-corrected chi connectivity index (χ0v) is 32.5. The summed E-state index contributed by atoms with van der Waals surface area (Å²) >= 11 is 7.55. The Morgan fingerprint density at radius 3 is 2.31 bits per heavy atom. The van der Waals surface area contributed by atoms with Gasteiger partial charge in [-0.05, 0) is 91.5 Å². The zero-order valence-electron chi connectivity index (χ0n) is 30.1. The number of aliphatic carboxylic acids is 1. The van der Waals surface area contributed by atoms with Crippen LogP contribution in [-0.4, -0.2) is 86.2 Å². The van der Waals surface area contributed by atoms with Crippen LogP contribution in [0.2, 0.25) is 5.02 Å². The number of thioether (sulfide) groups is 1. The fourth-order valence-electron chi connectivity index (χ4n) is 4.43. The van der Waals surface area contributed by atoms with E-state index in [-0.39, 0.29) is 46.4 Å². The first-order valence-corrected chi connectivity index (χ1v) is 20.0. The Morgan fingerprint density at radius 2 is 1.82 bits per heavy atom. The molecule has 1 aromatic heterocycles. The summed E-state index contributed by atoms with van der Waals surface area (Å²) < 4.78 is 35.7. The smallest absolute Gasteiger partial charge is 0.427 e. The first-order chi connectivity index (χ1) is 23.6. The highest BCUT2D eigenvalue weighted by Crippen LogP contribution is 2.38. The molecule has 15 nitrogen and oxygen atoms in total. The van der Waals surface area contributed by atoms with E-state index in [0.717, 1.165) is 43.5 Å². The van der Waals surface area contributed by atoms with E-state index in [9.17, 15) is 23.3 Å². The molecular weight excluding hydrogens is 728 g/mol. The summed E-state index contributed by atoms with van der Waals surface area (Å²) in [6.07, 6.45) is 4.95. The van der Waals surface area contributed by atoms with Crippen LogP contribution in [0.25, 0.3) is 0 Å². The monoisotopic (exact) mass is 775 g/mol. The Hall–Kier alpha value is -3.50. The number of nitrogens with zero attached hydrogens (tertiary/aromatic N) is 4. The number of rotatable bonds is 11. The number of aromatic nitrogens is 3. The summed E-state index contributed by atoms with van der Waals surface area (Å²) in [6, 6.07) is 1.29. The largest absolute Gasteiger partial charge is 0.489 e. The maximum absolute atomic E-state index is 14.3. The van der Waals surface area contributed by atoms with Gasteiger partial charge in [0.25, 0.3) is 0 Å². The van der Waals surface area contributed by atoms with Crippen molar-refractivity contribution in [2.45, 2.75) is 96.5 Å². The number of cyclic esters (lactones) is 1. The van der Waals surface area contributed by atoms with Crippen molar-refractivity contribution < 1.29 is 42.8 Å². The predicted octanol–water partition coefficient (Wildman–Crippen LogP) is 6.50. The zero-order chi connectivity index (χ0) is 38.7. The lowest BCUT2D eigenvalue weighted by molar-refractivity contribution is -0.138. The first-order valence-electron chi connectivity index (χ1n) is 16.1. The lowest BCUT2D eigenvalue weighted by Gasteiger charge is -2.20. The summed E-state index contributed by atoms with van der Waals surface area (Å²) in [7, 11) is -3.10. The molecule has 4 rings (SSSR count). The second-order valence-corrected chi connectivity index (χ2v) is 16.7. The summed E-state index contributed by atoms with van der Waals surface area (Å²) in [6.45, 7) is 13.5. The van der Waals surface area contributed by atoms with Crippen LogP contribution in [0, 0.1) is 5.82 Å². The van der Waals surface area contributed by atoms with Gasteiger partial charge in [-0.15, -0.1) is 0 Å². The minimum Gasteiger partial charge on any atom is -0.489 e. The van der Waals surface area contributed by atoms with Gasteiger partial charge in [0.05, 0.1) is 16.8 Å². The maximum Gasteiger partial charge on any atom is 0.427 e. The fourth-order valence-corrected chi connectivity index (χ4v) is 5.74. The Balaban J connectivity index is 0.000000289. The summed E-state index contributed by atoms with van der Waals surface area (Å²) in [4.78, 5) is 56.7. The van der Waals surface area contributed by atoms with Crippen molar-refractivity contribution in [3.05, 3.63) is 34.3 Å². The summed E-state index contributed by atoms with van der Waals surface area (Å²) in [5.74, 6) is -1.24. The highest BCUT2D eigenvalue weighted by Gasteiger charge is 2.40. The van der Waals surface area contributed by atoms with E-state index in [4.69, 9.17) is 36.8 Å². The number of carboxylic acids is 1. The van der Waals surface area contributed by atoms with Crippen LogP contribution in [-0.2, 0) is 18.9 Å². The van der Waals surface area contributed by atoms with Gasteiger partial charge in [-0.25, -0.2) is 14.1 Å². The lowest BCUT2D eigenvalue weighted by Crippen LogP contribution is -2.30. The van der Waals surface area contributed by atoms with Crippen molar-refractivity contribution in [3.63, 3.8) is 0 Å². The number of nitrogens with two attached hydrogens (primary N) is 1. The first kappa shape index (κ1) is 43.7. The van der Waals surface area contributed by atoms with Crippen LogP contribution in [0.5, 0.6) is 5.75 Å². The number of allylic oxidation sites excluding steroid dienone is 1. The molecule has 0 spiro atoms. The number of hydrogen-bond donors (Lipinski definition) is 5. The second kappa shape index (κ2) is 19.4.